The molecule has 0 aromatic carbocycles. The van der Waals surface area contributed by atoms with E-state index >= 15 is 0 Å². The van der Waals surface area contributed by atoms with Crippen LogP contribution < -0.4 is 0 Å². The topological polar surface area (TPSA) is 83.8 Å². The van der Waals surface area contributed by atoms with Crippen molar-refractivity contribution in [1.29, 1.82) is 0 Å². The van der Waals surface area contributed by atoms with Crippen molar-refractivity contribution in [3.8, 4) is 0 Å². The molecule has 2 aliphatic rings. The number of hydrogen-bond acceptors (Lipinski definition) is 5. The van der Waals surface area contributed by atoms with Crippen molar-refractivity contribution < 1.29 is 24.5 Å². The summed E-state index contributed by atoms with van der Waals surface area (Å²) < 4.78 is 4.61. The van der Waals surface area contributed by atoms with Gasteiger partial charge in [0.15, 0.2) is 0 Å². The monoisotopic (exact) mass is 430 g/mol. The maximum Gasteiger partial charge on any atom is 0.305 e. The average molecular weight is 431 g/mol. The van der Waals surface area contributed by atoms with Gasteiger partial charge in [-0.25, -0.2) is 0 Å². The molecule has 172 valence electrons. The third kappa shape index (κ3) is 8.23. The minimum Gasteiger partial charge on any atom is -0.469 e. The van der Waals surface area contributed by atoms with Gasteiger partial charge in [-0.3, -0.25) is 9.59 Å². The van der Waals surface area contributed by atoms with Crippen LogP contribution in [-0.2, 0) is 14.3 Å². The zero-order chi connectivity index (χ0) is 22.9. The van der Waals surface area contributed by atoms with E-state index in [1.807, 2.05) is 36.5 Å². The summed E-state index contributed by atoms with van der Waals surface area (Å²) in [6, 6.07) is 0. The van der Waals surface area contributed by atoms with E-state index in [4.69, 9.17) is 0 Å². The van der Waals surface area contributed by atoms with E-state index in [1.165, 1.54) is 24.7 Å². The Morgan fingerprint density at radius 2 is 1.97 bits per heavy atom. The maximum atomic E-state index is 12.3. The molecule has 5 nitrogen and oxygen atoms in total. The maximum absolute atomic E-state index is 12.3. The molecule has 0 amide bonds. The van der Waals surface area contributed by atoms with Crippen molar-refractivity contribution in [3.05, 3.63) is 47.6 Å². The highest BCUT2D eigenvalue weighted by Gasteiger charge is 2.39. The number of aliphatic hydroxyl groups excluding tert-OH is 1. The summed E-state index contributed by atoms with van der Waals surface area (Å²) in [7, 11) is 1.38. The third-order valence-corrected chi connectivity index (χ3v) is 6.37. The quantitative estimate of drug-likeness (QED) is 0.370. The lowest BCUT2D eigenvalue weighted by Crippen LogP contribution is -2.21. The summed E-state index contributed by atoms with van der Waals surface area (Å²) in [6.45, 7) is 3.93. The Labute approximate surface area is 186 Å². The lowest BCUT2D eigenvalue weighted by Gasteiger charge is -2.19. The fourth-order valence-corrected chi connectivity index (χ4v) is 4.36. The second-order valence-electron chi connectivity index (χ2n) is 9.07. The zero-order valence-corrected chi connectivity index (χ0v) is 19.2. The highest BCUT2D eigenvalue weighted by molar-refractivity contribution is 5.84. The lowest BCUT2D eigenvalue weighted by molar-refractivity contribution is -0.140. The van der Waals surface area contributed by atoms with Gasteiger partial charge in [0.2, 0.25) is 0 Å². The standard InChI is InChI=1S/C26H38O5/c1-19-10-8-11-20(19)15-17-26(2,30)16-9-13-22-21(23(27)18-24(22)28)12-6-4-5-7-14-25(29)31-3/h4-5,9,13,15,17,21-22,24,28,30H,6-8,10-12,14,16,18H2,1-3H3/b5-4-,13-9+,17-15+/t21-,22-,24-,26-/m1/s1. The predicted octanol–water partition coefficient (Wildman–Crippen LogP) is 4.60. The van der Waals surface area contributed by atoms with Gasteiger partial charge < -0.3 is 14.9 Å². The van der Waals surface area contributed by atoms with Crippen LogP contribution in [0.15, 0.2) is 47.6 Å². The number of ketones is 1. The first kappa shape index (κ1) is 25.3. The molecule has 0 bridgehead atoms. The van der Waals surface area contributed by atoms with Gasteiger partial charge in [0, 0.05) is 24.7 Å². The van der Waals surface area contributed by atoms with Gasteiger partial charge in [-0.1, -0.05) is 42.0 Å². The Morgan fingerprint density at radius 3 is 2.65 bits per heavy atom. The van der Waals surface area contributed by atoms with Gasteiger partial charge >= 0.3 is 5.97 Å². The second kappa shape index (κ2) is 12.2. The van der Waals surface area contributed by atoms with Crippen LogP contribution in [0.4, 0.5) is 0 Å². The number of esters is 1. The molecule has 1 fully saturated rings. The molecule has 0 aliphatic heterocycles. The lowest BCUT2D eigenvalue weighted by atomic mass is 9.88. The highest BCUT2D eigenvalue weighted by Crippen LogP contribution is 2.34. The van der Waals surface area contributed by atoms with E-state index in [-0.39, 0.29) is 30.0 Å². The van der Waals surface area contributed by atoms with Crippen LogP contribution in [0.1, 0.15) is 71.6 Å². The fourth-order valence-electron chi connectivity index (χ4n) is 4.36. The molecule has 0 aromatic heterocycles. The molecule has 2 aliphatic carbocycles. The first-order valence-corrected chi connectivity index (χ1v) is 11.4. The molecule has 0 saturated heterocycles. The normalized spacial score (nSPS) is 26.6. The number of Topliss-reactive ketones (excluding diaryl/α,β-unsaturated/α-hetero) is 1. The van der Waals surface area contributed by atoms with Crippen LogP contribution in [0.3, 0.4) is 0 Å². The third-order valence-electron chi connectivity index (χ3n) is 6.37. The first-order chi connectivity index (χ1) is 14.7. The summed E-state index contributed by atoms with van der Waals surface area (Å²) in [5, 5.41) is 21.0. The predicted molar refractivity (Wildman–Crippen MR) is 122 cm³/mol. The molecule has 4 atom stereocenters. The molecule has 1 saturated carbocycles. The van der Waals surface area contributed by atoms with Gasteiger partial charge in [-0.05, 0) is 64.4 Å². The summed E-state index contributed by atoms with van der Waals surface area (Å²) in [4.78, 5) is 23.4. The van der Waals surface area contributed by atoms with Crippen molar-refractivity contribution in [2.45, 2.75) is 83.3 Å². The van der Waals surface area contributed by atoms with E-state index in [9.17, 15) is 19.8 Å². The van der Waals surface area contributed by atoms with Gasteiger partial charge in [-0.15, -0.1) is 0 Å². The summed E-state index contributed by atoms with van der Waals surface area (Å²) in [5.41, 5.74) is 1.76. The molecular formula is C26H38O5. The van der Waals surface area contributed by atoms with E-state index < -0.39 is 11.7 Å². The van der Waals surface area contributed by atoms with Crippen molar-refractivity contribution in [3.63, 3.8) is 0 Å². The summed E-state index contributed by atoms with van der Waals surface area (Å²) in [6.07, 6.45) is 17.3. The number of rotatable bonds is 11. The van der Waals surface area contributed by atoms with E-state index in [0.717, 1.165) is 19.3 Å². The zero-order valence-electron chi connectivity index (χ0n) is 19.2. The van der Waals surface area contributed by atoms with Crippen LogP contribution >= 0.6 is 0 Å². The van der Waals surface area contributed by atoms with Crippen molar-refractivity contribution in [2.75, 3.05) is 7.11 Å². The largest absolute Gasteiger partial charge is 0.469 e. The molecule has 0 heterocycles. The Kier molecular flexibility index (Phi) is 9.92. The van der Waals surface area contributed by atoms with Crippen molar-refractivity contribution in [1.82, 2.24) is 0 Å². The van der Waals surface area contributed by atoms with Crippen LogP contribution in [0.25, 0.3) is 0 Å². The van der Waals surface area contributed by atoms with Gasteiger partial charge in [-0.2, -0.15) is 0 Å². The van der Waals surface area contributed by atoms with Crippen molar-refractivity contribution in [2.24, 2.45) is 11.8 Å². The number of allylic oxidation sites excluding steroid dienone is 5. The first-order valence-electron chi connectivity index (χ1n) is 11.4. The number of hydrogen-bond donors (Lipinski definition) is 2. The molecule has 0 aromatic rings. The smallest absolute Gasteiger partial charge is 0.305 e. The minimum absolute atomic E-state index is 0.0976. The van der Waals surface area contributed by atoms with Gasteiger partial charge in [0.05, 0.1) is 18.8 Å². The molecule has 31 heavy (non-hydrogen) atoms. The molecule has 0 unspecified atom stereocenters. The molecule has 2 N–H and O–H groups in total. The number of methoxy groups -OCH3 is 1. The summed E-state index contributed by atoms with van der Waals surface area (Å²) in [5.74, 6) is -0.552. The van der Waals surface area contributed by atoms with E-state index in [0.29, 0.717) is 25.7 Å². The highest BCUT2D eigenvalue weighted by atomic mass is 16.5. The van der Waals surface area contributed by atoms with Crippen LogP contribution in [0.2, 0.25) is 0 Å². The minimum atomic E-state index is -0.961. The summed E-state index contributed by atoms with van der Waals surface area (Å²) >= 11 is 0. The Hall–Kier alpha value is -1.98. The van der Waals surface area contributed by atoms with Gasteiger partial charge in [0.25, 0.3) is 0 Å². The van der Waals surface area contributed by atoms with Crippen molar-refractivity contribution >= 4 is 11.8 Å². The number of carbonyl (C=O) groups is 2. The van der Waals surface area contributed by atoms with Crippen LogP contribution in [-0.4, -0.2) is 40.8 Å². The molecule has 0 spiro atoms. The Bertz CT molecular complexity index is 741. The van der Waals surface area contributed by atoms with E-state index in [1.54, 1.807) is 6.92 Å². The average Bonchev–Trinajstić information content (AvgIpc) is 3.25. The SMILES string of the molecule is COC(=O)CC/C=C\CC[C@H]1C(=O)C[C@@H](O)[C@@H]1/C=C/C[C@@](C)(O)/C=C/C1=C(C)CCC1. The Balaban J connectivity index is 1.86. The molecule has 2 rings (SSSR count). The Morgan fingerprint density at radius 1 is 1.23 bits per heavy atom. The second-order valence-corrected chi connectivity index (χ2v) is 9.07. The van der Waals surface area contributed by atoms with Gasteiger partial charge in [0.1, 0.15) is 5.78 Å². The van der Waals surface area contributed by atoms with E-state index in [2.05, 4.69) is 11.7 Å². The fraction of sp³-hybridized carbons (Fsp3) is 0.615. The number of carbonyl (C=O) groups excluding carboxylic acids is 2. The van der Waals surface area contributed by atoms with Crippen LogP contribution in [0.5, 0.6) is 0 Å². The number of ether oxygens (including phenoxy) is 1. The number of aliphatic hydroxyl groups is 2. The molecule has 0 radical (unpaired) electrons. The molecule has 5 heteroatoms. The van der Waals surface area contributed by atoms with Crippen LogP contribution in [0, 0.1) is 11.8 Å². The molecular weight excluding hydrogens is 392 g/mol.